The van der Waals surface area contributed by atoms with Crippen molar-refractivity contribution in [1.29, 1.82) is 0 Å². The van der Waals surface area contributed by atoms with Crippen molar-refractivity contribution < 1.29 is 32.9 Å². The highest BCUT2D eigenvalue weighted by Gasteiger charge is 2.23. The topological polar surface area (TPSA) is 108 Å². The second-order valence-electron chi connectivity index (χ2n) is 25.6. The van der Waals surface area contributed by atoms with Gasteiger partial charge in [-0.1, -0.05) is 339 Å². The molecule has 0 radical (unpaired) electrons. The van der Waals surface area contributed by atoms with Crippen LogP contribution in [-0.2, 0) is 18.4 Å². The summed E-state index contributed by atoms with van der Waals surface area (Å²) in [6, 6.07) is -0.918. The summed E-state index contributed by atoms with van der Waals surface area (Å²) in [6.45, 7) is 4.53. The van der Waals surface area contributed by atoms with Gasteiger partial charge >= 0.3 is 0 Å². The zero-order chi connectivity index (χ0) is 64.8. The molecule has 0 bridgehead atoms. The van der Waals surface area contributed by atoms with Gasteiger partial charge in [0.1, 0.15) is 13.2 Å². The molecular formula is C80H139N2O6P. The zero-order valence-corrected chi connectivity index (χ0v) is 59.2. The molecule has 0 heterocycles. The van der Waals surface area contributed by atoms with Crippen LogP contribution in [0.25, 0.3) is 0 Å². The fourth-order valence-electron chi connectivity index (χ4n) is 10.2. The Morgan fingerprint density at radius 2 is 0.685 bits per heavy atom. The van der Waals surface area contributed by atoms with E-state index in [9.17, 15) is 19.4 Å². The molecule has 89 heavy (non-hydrogen) atoms. The van der Waals surface area contributed by atoms with Gasteiger partial charge in [-0.05, 0) is 103 Å². The Bertz CT molecular complexity index is 1960. The van der Waals surface area contributed by atoms with Crippen LogP contribution in [0.15, 0.2) is 146 Å². The van der Waals surface area contributed by atoms with Crippen molar-refractivity contribution in [3.05, 3.63) is 146 Å². The lowest BCUT2D eigenvalue weighted by molar-refractivity contribution is -0.870. The average Bonchev–Trinajstić information content (AvgIpc) is 3.57. The van der Waals surface area contributed by atoms with Gasteiger partial charge in [0, 0.05) is 6.42 Å². The Balaban J connectivity index is 4.20. The normalized spacial score (nSPS) is 14.5. The molecular weight excluding hydrogens is 1120 g/mol. The summed E-state index contributed by atoms with van der Waals surface area (Å²) < 4.78 is 23.5. The second kappa shape index (κ2) is 68.7. The molecule has 2 N–H and O–H groups in total. The van der Waals surface area contributed by atoms with E-state index in [1.165, 1.54) is 167 Å². The number of amides is 1. The van der Waals surface area contributed by atoms with E-state index in [0.717, 1.165) is 109 Å². The van der Waals surface area contributed by atoms with Gasteiger partial charge in [0.2, 0.25) is 5.91 Å². The number of hydrogen-bond donors (Lipinski definition) is 2. The number of likely N-dealkylation sites (N-methyl/N-ethyl adjacent to an activating group) is 1. The lowest BCUT2D eigenvalue weighted by atomic mass is 10.0. The molecule has 0 aliphatic heterocycles. The van der Waals surface area contributed by atoms with E-state index < -0.39 is 26.6 Å². The number of carbonyl (C=O) groups excluding carboxylic acids is 1. The standard InChI is InChI=1S/C80H139N2O6P/c1-6-8-10-12-14-16-18-20-22-24-26-28-30-32-34-36-38-39-40-41-42-43-44-46-48-50-52-54-56-58-60-62-64-66-68-70-72-74-80(84)81-78(77-88-89(85,86)87-76-75-82(3,4)5)79(83)73-71-69-67-65-63-61-59-57-55-53-51-49-47-45-37-35-33-31-29-27-25-23-21-19-17-15-13-11-9-7-2/h8,10,14,16,20,22,26,28,32,34,38-39,41-42,44,46,50,52,56,58,62,64,71,73,78-79,83H,6-7,9,11-13,15,17-19,21,23-25,27,29-31,33,35-37,40,43,45,47-49,51,53-55,57,59-61,63,65-70,72,74-77H2,1-5H3,(H-,81,84,85,86)/b10-8-,16-14-,22-20-,28-26-,34-32-,39-38-,42-41-,46-44-,52-50-,58-56-,64-62-,73-71+. The zero-order valence-electron chi connectivity index (χ0n) is 58.3. The molecule has 1 amide bonds. The number of unbranched alkanes of at least 4 members (excludes halogenated alkanes) is 31. The van der Waals surface area contributed by atoms with Crippen LogP contribution in [0, 0.1) is 0 Å². The van der Waals surface area contributed by atoms with E-state index in [1.807, 2.05) is 27.2 Å². The van der Waals surface area contributed by atoms with Crippen molar-refractivity contribution in [2.24, 2.45) is 0 Å². The lowest BCUT2D eigenvalue weighted by Gasteiger charge is -2.29. The van der Waals surface area contributed by atoms with Crippen LogP contribution in [-0.4, -0.2) is 68.5 Å². The maximum atomic E-state index is 13.0. The third kappa shape index (κ3) is 71.7. The average molecular weight is 1260 g/mol. The maximum absolute atomic E-state index is 13.0. The number of quaternary nitrogens is 1. The number of rotatable bonds is 66. The summed E-state index contributed by atoms with van der Waals surface area (Å²) in [4.78, 5) is 25.6. The van der Waals surface area contributed by atoms with Gasteiger partial charge in [0.25, 0.3) is 7.82 Å². The van der Waals surface area contributed by atoms with E-state index in [1.54, 1.807) is 6.08 Å². The van der Waals surface area contributed by atoms with Crippen molar-refractivity contribution in [1.82, 2.24) is 5.32 Å². The fraction of sp³-hybridized carbons (Fsp3) is 0.688. The Morgan fingerprint density at radius 1 is 0.404 bits per heavy atom. The predicted molar refractivity (Wildman–Crippen MR) is 389 cm³/mol. The Hall–Kier alpha value is -3.62. The van der Waals surface area contributed by atoms with Crippen LogP contribution in [0.4, 0.5) is 0 Å². The molecule has 510 valence electrons. The second-order valence-corrected chi connectivity index (χ2v) is 27.0. The minimum Gasteiger partial charge on any atom is -0.756 e. The number of hydrogen-bond acceptors (Lipinski definition) is 6. The molecule has 3 unspecified atom stereocenters. The van der Waals surface area contributed by atoms with Crippen LogP contribution in [0.1, 0.15) is 303 Å². The molecule has 0 rings (SSSR count). The Kier molecular flexibility index (Phi) is 65.9. The highest BCUT2D eigenvalue weighted by Crippen LogP contribution is 2.38. The molecule has 9 heteroatoms. The smallest absolute Gasteiger partial charge is 0.268 e. The SMILES string of the molecule is CC/C=C\C/C=C\C/C=C\C/C=C\C/C=C\C/C=C\C/C=C\C/C=C\C/C=C\C/C=C\C/C=C\CCCCCC(=O)NC(COP(=O)([O-])OCC[N+](C)(C)C)C(O)/C=C/CCCCCCCCCCCCCCCCCCCCCCCCCCCCCC. The quantitative estimate of drug-likeness (QED) is 0.0272. The number of nitrogens with zero attached hydrogens (tertiary/aromatic N) is 1. The lowest BCUT2D eigenvalue weighted by Crippen LogP contribution is -2.45. The molecule has 0 spiro atoms. The summed E-state index contributed by atoms with van der Waals surface area (Å²) in [5.74, 6) is -0.232. The first-order valence-electron chi connectivity index (χ1n) is 36.7. The summed E-state index contributed by atoms with van der Waals surface area (Å²) in [5.41, 5.74) is 0. The molecule has 0 aliphatic carbocycles. The third-order valence-electron chi connectivity index (χ3n) is 15.8. The van der Waals surface area contributed by atoms with Gasteiger partial charge in [-0.2, -0.15) is 0 Å². The minimum absolute atomic E-state index is 0.0151. The maximum Gasteiger partial charge on any atom is 0.268 e. The van der Waals surface area contributed by atoms with Gasteiger partial charge < -0.3 is 28.8 Å². The number of allylic oxidation sites excluding steroid dienone is 23. The summed E-state index contributed by atoms with van der Waals surface area (Å²) in [6.07, 6.45) is 105. The monoisotopic (exact) mass is 1260 g/mol. The van der Waals surface area contributed by atoms with Crippen molar-refractivity contribution in [3.8, 4) is 0 Å². The molecule has 3 atom stereocenters. The molecule has 0 aromatic heterocycles. The molecule has 0 saturated carbocycles. The van der Waals surface area contributed by atoms with Crippen LogP contribution in [0.5, 0.6) is 0 Å². The largest absolute Gasteiger partial charge is 0.756 e. The van der Waals surface area contributed by atoms with Gasteiger partial charge in [-0.15, -0.1) is 0 Å². The highest BCUT2D eigenvalue weighted by molar-refractivity contribution is 7.45. The van der Waals surface area contributed by atoms with E-state index in [0.29, 0.717) is 23.9 Å². The van der Waals surface area contributed by atoms with Gasteiger partial charge in [0.05, 0.1) is 39.9 Å². The van der Waals surface area contributed by atoms with Crippen molar-refractivity contribution >= 4 is 13.7 Å². The first kappa shape index (κ1) is 85.4. The Morgan fingerprint density at radius 3 is 1.00 bits per heavy atom. The Labute approximate surface area is 550 Å². The van der Waals surface area contributed by atoms with E-state index in [-0.39, 0.29) is 12.5 Å². The van der Waals surface area contributed by atoms with Gasteiger partial charge in [-0.3, -0.25) is 9.36 Å². The first-order valence-corrected chi connectivity index (χ1v) is 38.2. The number of nitrogens with one attached hydrogen (secondary N) is 1. The van der Waals surface area contributed by atoms with E-state index in [2.05, 4.69) is 153 Å². The minimum atomic E-state index is -4.63. The van der Waals surface area contributed by atoms with Crippen LogP contribution in [0.2, 0.25) is 0 Å². The number of aliphatic hydroxyl groups excluding tert-OH is 1. The molecule has 0 aromatic carbocycles. The van der Waals surface area contributed by atoms with E-state index >= 15 is 0 Å². The molecule has 0 aliphatic rings. The number of phosphoric acid groups is 1. The van der Waals surface area contributed by atoms with Crippen molar-refractivity contribution in [2.75, 3.05) is 40.9 Å². The van der Waals surface area contributed by atoms with Crippen molar-refractivity contribution in [2.45, 2.75) is 315 Å². The molecule has 0 aromatic rings. The number of phosphoric ester groups is 1. The summed E-state index contributed by atoms with van der Waals surface area (Å²) in [5, 5.41) is 14.0. The predicted octanol–water partition coefficient (Wildman–Crippen LogP) is 23.3. The summed E-state index contributed by atoms with van der Waals surface area (Å²) in [7, 11) is 1.22. The van der Waals surface area contributed by atoms with Gasteiger partial charge in [-0.25, -0.2) is 0 Å². The van der Waals surface area contributed by atoms with Crippen LogP contribution in [0.3, 0.4) is 0 Å². The van der Waals surface area contributed by atoms with E-state index in [4.69, 9.17) is 9.05 Å². The van der Waals surface area contributed by atoms with Gasteiger partial charge in [0.15, 0.2) is 0 Å². The first-order chi connectivity index (χ1) is 43.5. The number of carbonyl (C=O) groups is 1. The van der Waals surface area contributed by atoms with Crippen LogP contribution >= 0.6 is 7.82 Å². The molecule has 0 fully saturated rings. The highest BCUT2D eigenvalue weighted by atomic mass is 31.2. The number of aliphatic hydroxyl groups is 1. The molecule has 0 saturated heterocycles. The van der Waals surface area contributed by atoms with Crippen molar-refractivity contribution in [3.63, 3.8) is 0 Å². The molecule has 8 nitrogen and oxygen atoms in total. The van der Waals surface area contributed by atoms with Crippen LogP contribution < -0.4 is 10.2 Å². The third-order valence-corrected chi connectivity index (χ3v) is 16.8. The summed E-state index contributed by atoms with van der Waals surface area (Å²) >= 11 is 0. The fourth-order valence-corrected chi connectivity index (χ4v) is 10.9.